The zero-order valence-corrected chi connectivity index (χ0v) is 10.8. The van der Waals surface area contributed by atoms with Crippen LogP contribution >= 0.6 is 0 Å². The highest BCUT2D eigenvalue weighted by Gasteiger charge is 2.26. The summed E-state index contributed by atoms with van der Waals surface area (Å²) in [5.41, 5.74) is 1.30. The Kier molecular flexibility index (Phi) is 2.66. The number of hydrogen-bond donors (Lipinski definition) is 1. The summed E-state index contributed by atoms with van der Waals surface area (Å²) in [4.78, 5) is 0. The van der Waals surface area contributed by atoms with Crippen LogP contribution in [0.15, 0.2) is 30.3 Å². The van der Waals surface area contributed by atoms with Gasteiger partial charge in [0.05, 0.1) is 11.8 Å². The molecule has 0 saturated heterocycles. The van der Waals surface area contributed by atoms with Gasteiger partial charge < -0.3 is 9.50 Å². The van der Waals surface area contributed by atoms with Gasteiger partial charge in [-0.2, -0.15) is 8.42 Å². The van der Waals surface area contributed by atoms with E-state index in [2.05, 4.69) is 5.32 Å². The van der Waals surface area contributed by atoms with E-state index in [0.29, 0.717) is 5.76 Å². The first-order valence-electron chi connectivity index (χ1n) is 5.27. The molecule has 0 fully saturated rings. The van der Waals surface area contributed by atoms with E-state index in [9.17, 15) is 8.42 Å². The Morgan fingerprint density at radius 2 is 1.88 bits per heavy atom. The largest absolute Gasteiger partial charge is 0.382 e. The van der Waals surface area contributed by atoms with Gasteiger partial charge in [0.15, 0.2) is 0 Å². The van der Waals surface area contributed by atoms with E-state index in [1.54, 1.807) is 6.08 Å². The van der Waals surface area contributed by atoms with Gasteiger partial charge >= 0.3 is 10.1 Å². The van der Waals surface area contributed by atoms with Crippen molar-refractivity contribution in [2.75, 3.05) is 11.6 Å². The molecule has 0 atom stereocenters. The van der Waals surface area contributed by atoms with Gasteiger partial charge in [0.25, 0.3) is 0 Å². The van der Waals surface area contributed by atoms with Crippen molar-refractivity contribution in [1.29, 1.82) is 0 Å². The first-order valence-corrected chi connectivity index (χ1v) is 7.08. The fourth-order valence-electron chi connectivity index (χ4n) is 1.83. The lowest BCUT2D eigenvalue weighted by Crippen LogP contribution is -2.32. The fraction of sp³-hybridized carbons (Fsp3) is 0.333. The summed E-state index contributed by atoms with van der Waals surface area (Å²) in [6.07, 6.45) is 2.82. The van der Waals surface area contributed by atoms with Crippen LogP contribution in [0, 0.1) is 0 Å². The maximum atomic E-state index is 11.2. The molecule has 0 amide bonds. The van der Waals surface area contributed by atoms with Crippen molar-refractivity contribution in [3.8, 4) is 0 Å². The summed E-state index contributed by atoms with van der Waals surface area (Å²) < 4.78 is 27.5. The summed E-state index contributed by atoms with van der Waals surface area (Å²) in [5, 5.41) is 3.30. The van der Waals surface area contributed by atoms with Crippen LogP contribution in [0.1, 0.15) is 19.4 Å². The lowest BCUT2D eigenvalue weighted by molar-refractivity contribution is 0.465. The second-order valence-electron chi connectivity index (χ2n) is 4.69. The number of fused-ring (bicyclic) bond motifs is 1. The van der Waals surface area contributed by atoms with Gasteiger partial charge in [0.1, 0.15) is 5.76 Å². The normalized spacial score (nSPS) is 17.7. The van der Waals surface area contributed by atoms with Crippen molar-refractivity contribution in [2.24, 2.45) is 0 Å². The van der Waals surface area contributed by atoms with Gasteiger partial charge in [-0.25, -0.2) is 0 Å². The second kappa shape index (κ2) is 3.77. The van der Waals surface area contributed by atoms with Crippen molar-refractivity contribution >= 4 is 21.6 Å². The number of para-hydroxylation sites is 1. The summed E-state index contributed by atoms with van der Waals surface area (Å²) in [5.74, 6) is 0.381. The van der Waals surface area contributed by atoms with Crippen LogP contribution in [0.25, 0.3) is 5.76 Å². The average molecular weight is 253 g/mol. The zero-order valence-electron chi connectivity index (χ0n) is 10.0. The van der Waals surface area contributed by atoms with E-state index in [1.165, 1.54) is 0 Å². The number of rotatable bonds is 2. The monoisotopic (exact) mass is 253 g/mol. The van der Waals surface area contributed by atoms with E-state index in [-0.39, 0.29) is 5.54 Å². The first kappa shape index (κ1) is 12.0. The van der Waals surface area contributed by atoms with Crippen LogP contribution in [0.2, 0.25) is 0 Å². The summed E-state index contributed by atoms with van der Waals surface area (Å²) >= 11 is 0. The van der Waals surface area contributed by atoms with Crippen LogP contribution < -0.4 is 5.32 Å². The van der Waals surface area contributed by atoms with Gasteiger partial charge in [-0.1, -0.05) is 12.1 Å². The smallest absolute Gasteiger partial charge is 0.306 e. The SMILES string of the molecule is CC1(C)C=C(OS(C)(=O)=O)c2ccccc2N1. The zero-order chi connectivity index (χ0) is 12.7. The molecule has 0 aromatic heterocycles. The standard InChI is InChI=1S/C12H15NO3S/c1-12(2)8-11(16-17(3,14)15)9-6-4-5-7-10(9)13-12/h4-8,13H,1-3H3. The Morgan fingerprint density at radius 3 is 2.53 bits per heavy atom. The van der Waals surface area contributed by atoms with Gasteiger partial charge in [-0.15, -0.1) is 0 Å². The molecule has 0 unspecified atom stereocenters. The molecule has 1 aromatic carbocycles. The van der Waals surface area contributed by atoms with Crippen molar-refractivity contribution in [2.45, 2.75) is 19.4 Å². The molecular formula is C12H15NO3S. The Bertz CT molecular complexity index is 573. The number of anilines is 1. The van der Waals surface area contributed by atoms with Crippen LogP contribution in [0.5, 0.6) is 0 Å². The quantitative estimate of drug-likeness (QED) is 0.821. The molecule has 1 N–H and O–H groups in total. The van der Waals surface area contributed by atoms with Crippen molar-refractivity contribution in [1.82, 2.24) is 0 Å². The van der Waals surface area contributed by atoms with Gasteiger partial charge in [-0.05, 0) is 32.1 Å². The highest BCUT2D eigenvalue weighted by Crippen LogP contribution is 2.34. The van der Waals surface area contributed by atoms with Crippen LogP contribution in [0.4, 0.5) is 5.69 Å². The van der Waals surface area contributed by atoms with Crippen LogP contribution in [-0.4, -0.2) is 20.2 Å². The van der Waals surface area contributed by atoms with E-state index < -0.39 is 10.1 Å². The van der Waals surface area contributed by atoms with Crippen molar-refractivity contribution in [3.05, 3.63) is 35.9 Å². The maximum absolute atomic E-state index is 11.2. The highest BCUT2D eigenvalue weighted by atomic mass is 32.2. The Hall–Kier alpha value is -1.49. The fourth-order valence-corrected chi connectivity index (χ4v) is 2.29. The molecule has 1 aromatic rings. The predicted octanol–water partition coefficient (Wildman–Crippen LogP) is 2.21. The number of hydrogen-bond acceptors (Lipinski definition) is 4. The third-order valence-corrected chi connectivity index (χ3v) is 2.86. The molecule has 5 heteroatoms. The molecule has 4 nitrogen and oxygen atoms in total. The molecule has 0 saturated carbocycles. The minimum atomic E-state index is -3.51. The minimum absolute atomic E-state index is 0.339. The molecule has 2 rings (SSSR count). The molecular weight excluding hydrogens is 238 g/mol. The third-order valence-electron chi connectivity index (χ3n) is 2.38. The van der Waals surface area contributed by atoms with Crippen molar-refractivity contribution in [3.63, 3.8) is 0 Å². The number of benzene rings is 1. The minimum Gasteiger partial charge on any atom is -0.382 e. The Labute approximate surface area is 101 Å². The molecule has 0 radical (unpaired) electrons. The van der Waals surface area contributed by atoms with E-state index >= 15 is 0 Å². The molecule has 0 spiro atoms. The molecule has 1 aliphatic heterocycles. The third kappa shape index (κ3) is 2.79. The molecule has 1 aliphatic rings. The molecule has 0 aliphatic carbocycles. The maximum Gasteiger partial charge on any atom is 0.306 e. The topological polar surface area (TPSA) is 55.4 Å². The molecule has 92 valence electrons. The van der Waals surface area contributed by atoms with E-state index in [0.717, 1.165) is 17.5 Å². The molecule has 0 bridgehead atoms. The van der Waals surface area contributed by atoms with E-state index in [4.69, 9.17) is 4.18 Å². The average Bonchev–Trinajstić information content (AvgIpc) is 2.13. The van der Waals surface area contributed by atoms with Crippen LogP contribution in [-0.2, 0) is 14.3 Å². The van der Waals surface area contributed by atoms with Gasteiger partial charge in [-0.3, -0.25) is 0 Å². The van der Waals surface area contributed by atoms with Gasteiger partial charge in [0, 0.05) is 11.3 Å². The first-order chi connectivity index (χ1) is 7.77. The summed E-state index contributed by atoms with van der Waals surface area (Å²) in [7, 11) is -3.51. The lowest BCUT2D eigenvalue weighted by atomic mass is 9.95. The van der Waals surface area contributed by atoms with Crippen LogP contribution in [0.3, 0.4) is 0 Å². The second-order valence-corrected chi connectivity index (χ2v) is 6.26. The van der Waals surface area contributed by atoms with E-state index in [1.807, 2.05) is 38.1 Å². The Balaban J connectivity index is 2.51. The highest BCUT2D eigenvalue weighted by molar-refractivity contribution is 7.86. The summed E-state index contributed by atoms with van der Waals surface area (Å²) in [6.45, 7) is 3.91. The number of nitrogens with one attached hydrogen (secondary N) is 1. The van der Waals surface area contributed by atoms with Crippen molar-refractivity contribution < 1.29 is 12.6 Å². The Morgan fingerprint density at radius 1 is 1.24 bits per heavy atom. The summed E-state index contributed by atoms with van der Waals surface area (Å²) in [6, 6.07) is 7.47. The lowest BCUT2D eigenvalue weighted by Gasteiger charge is -2.31. The predicted molar refractivity (Wildman–Crippen MR) is 68.0 cm³/mol. The molecule has 17 heavy (non-hydrogen) atoms. The molecule has 1 heterocycles. The van der Waals surface area contributed by atoms with Gasteiger partial charge in [0.2, 0.25) is 0 Å².